The number of rotatable bonds is 7. The highest BCUT2D eigenvalue weighted by molar-refractivity contribution is 8.02. The van der Waals surface area contributed by atoms with E-state index in [2.05, 4.69) is 26.1 Å². The van der Waals surface area contributed by atoms with E-state index in [-0.39, 0.29) is 17.5 Å². The number of hydrogen-bond donors (Lipinski definition) is 3. The average molecular weight is 488 g/mol. The first-order valence-corrected chi connectivity index (χ1v) is 13.1. The van der Waals surface area contributed by atoms with Crippen molar-refractivity contribution in [2.75, 3.05) is 12.4 Å². The van der Waals surface area contributed by atoms with Crippen LogP contribution in [0.5, 0.6) is 5.75 Å². The molecule has 1 aromatic heterocycles. The van der Waals surface area contributed by atoms with Crippen molar-refractivity contribution in [3.63, 3.8) is 0 Å². The van der Waals surface area contributed by atoms with Gasteiger partial charge < -0.3 is 15.4 Å². The van der Waals surface area contributed by atoms with Gasteiger partial charge in [0, 0.05) is 11.2 Å². The summed E-state index contributed by atoms with van der Waals surface area (Å²) in [6.07, 6.45) is 7.10. The molecule has 0 aliphatic heterocycles. The Bertz CT molecular complexity index is 990. The van der Waals surface area contributed by atoms with Gasteiger partial charge in [-0.3, -0.25) is 10.1 Å². The van der Waals surface area contributed by atoms with Crippen molar-refractivity contribution < 1.29 is 14.3 Å². The Morgan fingerprint density at radius 3 is 2.33 bits per heavy atom. The van der Waals surface area contributed by atoms with Crippen LogP contribution in [0.4, 0.5) is 15.6 Å². The molecule has 0 spiro atoms. The van der Waals surface area contributed by atoms with Crippen molar-refractivity contribution in [1.29, 1.82) is 0 Å². The van der Waals surface area contributed by atoms with Gasteiger partial charge in [-0.1, -0.05) is 23.1 Å². The van der Waals surface area contributed by atoms with Crippen LogP contribution >= 0.6 is 23.1 Å². The van der Waals surface area contributed by atoms with E-state index < -0.39 is 5.25 Å². The zero-order valence-electron chi connectivity index (χ0n) is 18.8. The first-order chi connectivity index (χ1) is 15.9. The number of nitrogens with one attached hydrogen (secondary N) is 3. The second-order valence-corrected chi connectivity index (χ2v) is 12.2. The zero-order chi connectivity index (χ0) is 23.0. The molecule has 4 fully saturated rings. The molecule has 4 aliphatic rings. The number of carbonyl (C=O) groups excluding carboxylic acids is 2. The molecule has 1 atom stereocenters. The fourth-order valence-electron chi connectivity index (χ4n) is 6.06. The summed E-state index contributed by atoms with van der Waals surface area (Å²) >= 11 is 2.66. The lowest BCUT2D eigenvalue weighted by molar-refractivity contribution is -0.119. The van der Waals surface area contributed by atoms with Crippen LogP contribution in [0.15, 0.2) is 28.6 Å². The predicted octanol–water partition coefficient (Wildman–Crippen LogP) is 4.57. The molecule has 3 amide bonds. The maximum absolute atomic E-state index is 12.7. The standard InChI is InChI=1S/C23H29N5O3S2/c1-13(32-22-28-27-21(33-22)24-17-3-5-18(31-2)6-4-17)19(29)25-20(30)26-23-10-14-7-15(11-23)9-16(8-14)12-23/h3-6,13-16H,7-12H2,1-2H3,(H,24,27)(H2,25,26,29,30). The van der Waals surface area contributed by atoms with Crippen LogP contribution in [0, 0.1) is 17.8 Å². The summed E-state index contributed by atoms with van der Waals surface area (Å²) < 4.78 is 5.82. The van der Waals surface area contributed by atoms with Gasteiger partial charge in [0.15, 0.2) is 4.34 Å². The smallest absolute Gasteiger partial charge is 0.321 e. The Morgan fingerprint density at radius 1 is 1.09 bits per heavy atom. The van der Waals surface area contributed by atoms with Gasteiger partial charge in [-0.05, 0) is 87.5 Å². The summed E-state index contributed by atoms with van der Waals surface area (Å²) in [5, 5.41) is 17.4. The van der Waals surface area contributed by atoms with Gasteiger partial charge >= 0.3 is 6.03 Å². The monoisotopic (exact) mass is 487 g/mol. The van der Waals surface area contributed by atoms with Gasteiger partial charge in [0.2, 0.25) is 11.0 Å². The SMILES string of the molecule is COc1ccc(Nc2nnc(SC(C)C(=O)NC(=O)NC34CC5CC(CC(C5)C3)C4)s2)cc1. The minimum Gasteiger partial charge on any atom is -0.497 e. The van der Waals surface area contributed by atoms with Gasteiger partial charge in [-0.15, -0.1) is 10.2 Å². The maximum atomic E-state index is 12.7. The Labute approximate surface area is 201 Å². The number of ether oxygens (including phenoxy) is 1. The van der Waals surface area contributed by atoms with Crippen molar-refractivity contribution in [3.8, 4) is 5.75 Å². The lowest BCUT2D eigenvalue weighted by atomic mass is 9.53. The third-order valence-corrected chi connectivity index (χ3v) is 9.07. The topological polar surface area (TPSA) is 105 Å². The first-order valence-electron chi connectivity index (χ1n) is 11.4. The highest BCUT2D eigenvalue weighted by Crippen LogP contribution is 2.55. The highest BCUT2D eigenvalue weighted by Gasteiger charge is 2.51. The van der Waals surface area contributed by atoms with E-state index in [9.17, 15) is 9.59 Å². The summed E-state index contributed by atoms with van der Waals surface area (Å²) in [6.45, 7) is 1.77. The van der Waals surface area contributed by atoms with Crippen molar-refractivity contribution in [3.05, 3.63) is 24.3 Å². The third-order valence-electron chi connectivity index (χ3n) is 7.05. The molecule has 176 valence electrons. The van der Waals surface area contributed by atoms with E-state index in [0.717, 1.165) is 48.5 Å². The van der Waals surface area contributed by atoms with E-state index in [4.69, 9.17) is 4.74 Å². The summed E-state index contributed by atoms with van der Waals surface area (Å²) in [6, 6.07) is 7.14. The number of amides is 3. The molecule has 10 heteroatoms. The van der Waals surface area contributed by atoms with Gasteiger partial charge in [0.05, 0.1) is 12.4 Å². The number of methoxy groups -OCH3 is 1. The van der Waals surface area contributed by atoms with E-state index in [1.165, 1.54) is 42.4 Å². The molecule has 4 saturated carbocycles. The number of hydrogen-bond acceptors (Lipinski definition) is 8. The fraction of sp³-hybridized carbons (Fsp3) is 0.565. The molecule has 8 nitrogen and oxygen atoms in total. The van der Waals surface area contributed by atoms with Crippen LogP contribution in [-0.4, -0.2) is 40.0 Å². The summed E-state index contributed by atoms with van der Waals surface area (Å²) in [5.74, 6) is 2.67. The second-order valence-electron chi connectivity index (χ2n) is 9.63. The number of thioether (sulfide) groups is 1. The Kier molecular flexibility index (Phi) is 6.22. The molecular weight excluding hydrogens is 458 g/mol. The number of anilines is 2. The van der Waals surface area contributed by atoms with E-state index >= 15 is 0 Å². The maximum Gasteiger partial charge on any atom is 0.321 e. The van der Waals surface area contributed by atoms with Crippen LogP contribution in [0.25, 0.3) is 0 Å². The Morgan fingerprint density at radius 2 is 1.73 bits per heavy atom. The zero-order valence-corrected chi connectivity index (χ0v) is 20.4. The number of aromatic nitrogens is 2. The lowest BCUT2D eigenvalue weighted by Crippen LogP contribution is -2.62. The van der Waals surface area contributed by atoms with Crippen LogP contribution in [0.1, 0.15) is 45.4 Å². The van der Waals surface area contributed by atoms with E-state index in [1.54, 1.807) is 14.0 Å². The van der Waals surface area contributed by atoms with Crippen LogP contribution in [-0.2, 0) is 4.79 Å². The molecular formula is C23H29N5O3S2. The lowest BCUT2D eigenvalue weighted by Gasteiger charge is -2.56. The van der Waals surface area contributed by atoms with Crippen LogP contribution in [0.3, 0.4) is 0 Å². The normalized spacial score (nSPS) is 28.2. The molecule has 1 aromatic carbocycles. The van der Waals surface area contributed by atoms with Gasteiger partial charge in [-0.25, -0.2) is 4.79 Å². The van der Waals surface area contributed by atoms with Gasteiger partial charge in [-0.2, -0.15) is 0 Å². The molecule has 1 heterocycles. The van der Waals surface area contributed by atoms with E-state index in [1.807, 2.05) is 24.3 Å². The van der Waals surface area contributed by atoms with E-state index in [0.29, 0.717) is 9.47 Å². The Hall–Kier alpha value is -2.33. The third kappa shape index (κ3) is 5.11. The summed E-state index contributed by atoms with van der Waals surface area (Å²) in [7, 11) is 1.63. The number of carbonyl (C=O) groups is 2. The summed E-state index contributed by atoms with van der Waals surface area (Å²) in [4.78, 5) is 25.3. The molecule has 4 aliphatic carbocycles. The van der Waals surface area contributed by atoms with Crippen molar-refractivity contribution >= 4 is 45.9 Å². The number of imide groups is 1. The van der Waals surface area contributed by atoms with Crippen molar-refractivity contribution in [2.24, 2.45) is 17.8 Å². The van der Waals surface area contributed by atoms with Gasteiger partial charge in [0.1, 0.15) is 5.75 Å². The summed E-state index contributed by atoms with van der Waals surface area (Å²) in [5.41, 5.74) is 0.757. The molecule has 33 heavy (non-hydrogen) atoms. The van der Waals surface area contributed by atoms with Gasteiger partial charge in [0.25, 0.3) is 0 Å². The second kappa shape index (κ2) is 9.13. The van der Waals surface area contributed by atoms with Crippen molar-refractivity contribution in [2.45, 2.75) is 60.6 Å². The molecule has 0 radical (unpaired) electrons. The first kappa shape index (κ1) is 22.5. The molecule has 1 unspecified atom stereocenters. The average Bonchev–Trinajstić information content (AvgIpc) is 3.19. The Balaban J connectivity index is 1.12. The molecule has 0 saturated heterocycles. The quantitative estimate of drug-likeness (QED) is 0.492. The largest absolute Gasteiger partial charge is 0.497 e. The fourth-order valence-corrected chi connectivity index (χ4v) is 7.98. The molecule has 2 aromatic rings. The predicted molar refractivity (Wildman–Crippen MR) is 129 cm³/mol. The highest BCUT2D eigenvalue weighted by atomic mass is 32.2. The molecule has 6 rings (SSSR count). The molecule has 3 N–H and O–H groups in total. The molecule has 4 bridgehead atoms. The minimum atomic E-state index is -0.464. The van der Waals surface area contributed by atoms with Crippen LogP contribution in [0.2, 0.25) is 0 Å². The van der Waals surface area contributed by atoms with Crippen LogP contribution < -0.4 is 20.7 Å². The number of urea groups is 1. The number of benzene rings is 1. The number of nitrogens with zero attached hydrogens (tertiary/aromatic N) is 2. The van der Waals surface area contributed by atoms with Crippen molar-refractivity contribution in [1.82, 2.24) is 20.8 Å². The minimum absolute atomic E-state index is 0.114.